The minimum Gasteiger partial charge on any atom is -0.382 e. The van der Waals surface area contributed by atoms with Crippen molar-refractivity contribution in [2.24, 2.45) is 0 Å². The first-order valence-electron chi connectivity index (χ1n) is 5.58. The van der Waals surface area contributed by atoms with Crippen LogP contribution < -0.4 is 5.32 Å². The Balaban J connectivity index is 2.47. The minimum atomic E-state index is 0.131. The van der Waals surface area contributed by atoms with E-state index in [-0.39, 0.29) is 6.04 Å². The van der Waals surface area contributed by atoms with Crippen molar-refractivity contribution < 1.29 is 9.47 Å². The van der Waals surface area contributed by atoms with E-state index in [0.29, 0.717) is 19.8 Å². The summed E-state index contributed by atoms with van der Waals surface area (Å²) in [5.41, 5.74) is 0. The smallest absolute Gasteiger partial charge is 0.128 e. The summed E-state index contributed by atoms with van der Waals surface area (Å²) in [4.78, 5) is 4.35. The molecule has 1 unspecified atom stereocenters. The number of nitrogens with one attached hydrogen (secondary N) is 1. The van der Waals surface area contributed by atoms with E-state index >= 15 is 0 Å². The quantitative estimate of drug-likeness (QED) is 0.668. The van der Waals surface area contributed by atoms with Crippen molar-refractivity contribution in [3.63, 3.8) is 0 Å². The predicted molar refractivity (Wildman–Crippen MR) is 62.4 cm³/mol. The van der Waals surface area contributed by atoms with Crippen LogP contribution in [0, 0.1) is 0 Å². The second-order valence-corrected chi connectivity index (χ2v) is 3.48. The molecule has 16 heavy (non-hydrogen) atoms. The summed E-state index contributed by atoms with van der Waals surface area (Å²) in [7, 11) is 3.59. The first-order chi connectivity index (χ1) is 7.83. The van der Waals surface area contributed by atoms with Gasteiger partial charge in [-0.2, -0.15) is 0 Å². The first-order valence-corrected chi connectivity index (χ1v) is 5.58. The van der Waals surface area contributed by atoms with Gasteiger partial charge in [0.05, 0.1) is 25.9 Å². The number of likely N-dealkylation sites (N-methyl/N-ethyl adjacent to an activating group) is 1. The molecule has 0 aromatic carbocycles. The molecule has 0 bridgehead atoms. The fraction of sp³-hybridized carbons (Fsp3) is 0.727. The van der Waals surface area contributed by atoms with Gasteiger partial charge in [-0.25, -0.2) is 4.98 Å². The molecule has 5 nitrogen and oxygen atoms in total. The minimum absolute atomic E-state index is 0.131. The number of ether oxygens (including phenoxy) is 2. The molecule has 1 N–H and O–H groups in total. The van der Waals surface area contributed by atoms with E-state index in [2.05, 4.69) is 21.8 Å². The number of aryl methyl sites for hydroxylation is 1. The summed E-state index contributed by atoms with van der Waals surface area (Å²) in [6, 6.07) is 0.131. The van der Waals surface area contributed by atoms with E-state index < -0.39 is 0 Å². The molecule has 0 saturated carbocycles. The second-order valence-electron chi connectivity index (χ2n) is 3.48. The number of methoxy groups -OCH3 is 1. The average molecular weight is 227 g/mol. The van der Waals surface area contributed by atoms with Gasteiger partial charge < -0.3 is 19.4 Å². The maximum absolute atomic E-state index is 5.51. The zero-order valence-corrected chi connectivity index (χ0v) is 10.3. The summed E-state index contributed by atoms with van der Waals surface area (Å²) in [5.74, 6) is 1.02. The molecule has 92 valence electrons. The van der Waals surface area contributed by atoms with Crippen LogP contribution in [0.25, 0.3) is 0 Å². The number of imidazole rings is 1. The number of nitrogens with zero attached hydrogens (tertiary/aromatic N) is 2. The normalized spacial score (nSPS) is 12.9. The standard InChI is InChI=1S/C11H21N3O2/c1-4-14-6-5-13-11(14)10(12-2)9-16-8-7-15-3/h5-6,10,12H,4,7-9H2,1-3H3. The lowest BCUT2D eigenvalue weighted by molar-refractivity contribution is 0.0580. The van der Waals surface area contributed by atoms with Gasteiger partial charge in [-0.1, -0.05) is 0 Å². The highest BCUT2D eigenvalue weighted by Crippen LogP contribution is 2.10. The molecule has 0 aliphatic rings. The Bertz CT molecular complexity index is 289. The SMILES string of the molecule is CCn1ccnc1C(COCCOC)NC. The van der Waals surface area contributed by atoms with Crippen LogP contribution in [0.1, 0.15) is 18.8 Å². The Morgan fingerprint density at radius 2 is 2.31 bits per heavy atom. The average Bonchev–Trinajstić information content (AvgIpc) is 2.77. The number of hydrogen-bond acceptors (Lipinski definition) is 4. The van der Waals surface area contributed by atoms with Gasteiger partial charge in [-0.3, -0.25) is 0 Å². The number of aromatic nitrogens is 2. The van der Waals surface area contributed by atoms with Gasteiger partial charge >= 0.3 is 0 Å². The van der Waals surface area contributed by atoms with Gasteiger partial charge in [-0.05, 0) is 14.0 Å². The lowest BCUT2D eigenvalue weighted by Gasteiger charge is -2.17. The highest BCUT2D eigenvalue weighted by molar-refractivity contribution is 4.99. The summed E-state index contributed by atoms with van der Waals surface area (Å²) in [6.07, 6.45) is 3.80. The fourth-order valence-electron chi connectivity index (χ4n) is 1.53. The van der Waals surface area contributed by atoms with Gasteiger partial charge in [0.2, 0.25) is 0 Å². The summed E-state index contributed by atoms with van der Waals surface area (Å²) < 4.78 is 12.5. The van der Waals surface area contributed by atoms with Crippen LogP contribution in [0.5, 0.6) is 0 Å². The molecule has 0 aliphatic carbocycles. The van der Waals surface area contributed by atoms with Crippen LogP contribution in [-0.4, -0.2) is 43.5 Å². The number of hydrogen-bond donors (Lipinski definition) is 1. The summed E-state index contributed by atoms with van der Waals surface area (Å²) >= 11 is 0. The maximum atomic E-state index is 5.51. The van der Waals surface area contributed by atoms with E-state index in [9.17, 15) is 0 Å². The van der Waals surface area contributed by atoms with Crippen molar-refractivity contribution in [1.29, 1.82) is 0 Å². The molecule has 0 aliphatic heterocycles. The van der Waals surface area contributed by atoms with Crippen molar-refractivity contribution in [3.05, 3.63) is 18.2 Å². The molecule has 1 aromatic rings. The molecule has 1 rings (SSSR count). The Morgan fingerprint density at radius 3 is 2.94 bits per heavy atom. The monoisotopic (exact) mass is 227 g/mol. The lowest BCUT2D eigenvalue weighted by Crippen LogP contribution is -2.26. The van der Waals surface area contributed by atoms with E-state index in [1.807, 2.05) is 19.4 Å². The Hall–Kier alpha value is -0.910. The predicted octanol–water partition coefficient (Wildman–Crippen LogP) is 0.826. The Morgan fingerprint density at radius 1 is 1.50 bits per heavy atom. The third-order valence-electron chi connectivity index (χ3n) is 2.46. The third-order valence-corrected chi connectivity index (χ3v) is 2.46. The van der Waals surface area contributed by atoms with E-state index in [1.54, 1.807) is 7.11 Å². The van der Waals surface area contributed by atoms with Gasteiger partial charge in [0, 0.05) is 26.0 Å². The van der Waals surface area contributed by atoms with Crippen LogP contribution in [-0.2, 0) is 16.0 Å². The zero-order chi connectivity index (χ0) is 11.8. The van der Waals surface area contributed by atoms with Crippen LogP contribution in [0.2, 0.25) is 0 Å². The highest BCUT2D eigenvalue weighted by Gasteiger charge is 2.14. The first kappa shape index (κ1) is 13.2. The van der Waals surface area contributed by atoms with Crippen molar-refractivity contribution >= 4 is 0 Å². The molecule has 1 atom stereocenters. The Labute approximate surface area is 96.8 Å². The zero-order valence-electron chi connectivity index (χ0n) is 10.3. The van der Waals surface area contributed by atoms with E-state index in [0.717, 1.165) is 12.4 Å². The second kappa shape index (κ2) is 7.38. The van der Waals surface area contributed by atoms with Crippen molar-refractivity contribution in [1.82, 2.24) is 14.9 Å². The van der Waals surface area contributed by atoms with Gasteiger partial charge in [0.1, 0.15) is 5.82 Å². The molecule has 0 amide bonds. The molecule has 0 saturated heterocycles. The lowest BCUT2D eigenvalue weighted by atomic mass is 10.3. The molecule has 0 fully saturated rings. The topological polar surface area (TPSA) is 48.3 Å². The summed E-state index contributed by atoms with van der Waals surface area (Å²) in [5, 5.41) is 3.21. The van der Waals surface area contributed by atoms with Gasteiger partial charge in [0.15, 0.2) is 0 Å². The van der Waals surface area contributed by atoms with Crippen molar-refractivity contribution in [2.45, 2.75) is 19.5 Å². The largest absolute Gasteiger partial charge is 0.382 e. The fourth-order valence-corrected chi connectivity index (χ4v) is 1.53. The molecule has 5 heteroatoms. The molecular weight excluding hydrogens is 206 g/mol. The maximum Gasteiger partial charge on any atom is 0.128 e. The van der Waals surface area contributed by atoms with E-state index in [4.69, 9.17) is 9.47 Å². The molecule has 0 spiro atoms. The van der Waals surface area contributed by atoms with Crippen LogP contribution in [0.15, 0.2) is 12.4 Å². The molecule has 0 radical (unpaired) electrons. The van der Waals surface area contributed by atoms with E-state index in [1.165, 1.54) is 0 Å². The Kier molecular flexibility index (Phi) is 6.07. The molecule has 1 aromatic heterocycles. The van der Waals surface area contributed by atoms with Crippen molar-refractivity contribution in [3.8, 4) is 0 Å². The van der Waals surface area contributed by atoms with Gasteiger partial charge in [0.25, 0.3) is 0 Å². The molecule has 1 heterocycles. The van der Waals surface area contributed by atoms with Gasteiger partial charge in [-0.15, -0.1) is 0 Å². The van der Waals surface area contributed by atoms with Crippen LogP contribution in [0.3, 0.4) is 0 Å². The van der Waals surface area contributed by atoms with Crippen molar-refractivity contribution in [2.75, 3.05) is 34.0 Å². The third kappa shape index (κ3) is 3.59. The molecular formula is C11H21N3O2. The highest BCUT2D eigenvalue weighted by atomic mass is 16.5. The van der Waals surface area contributed by atoms with Crippen LogP contribution in [0.4, 0.5) is 0 Å². The number of rotatable bonds is 8. The van der Waals surface area contributed by atoms with Crippen LogP contribution >= 0.6 is 0 Å². The summed E-state index contributed by atoms with van der Waals surface area (Å²) in [6.45, 7) is 4.87.